The number of aryl methyl sites for hydroxylation is 1. The third-order valence-electron chi connectivity index (χ3n) is 6.27. The van der Waals surface area contributed by atoms with Crippen LogP contribution in [0.25, 0.3) is 16.8 Å². The molecule has 0 amide bonds. The maximum atomic E-state index is 5.43. The Morgan fingerprint density at radius 3 is 2.47 bits per heavy atom. The molecule has 1 aliphatic carbocycles. The van der Waals surface area contributed by atoms with E-state index < -0.39 is 0 Å². The van der Waals surface area contributed by atoms with E-state index in [0.29, 0.717) is 12.0 Å². The van der Waals surface area contributed by atoms with Crippen LogP contribution in [0.15, 0.2) is 102 Å². The highest BCUT2D eigenvalue weighted by Crippen LogP contribution is 2.30. The van der Waals surface area contributed by atoms with Gasteiger partial charge in [-0.2, -0.15) is 0 Å². The summed E-state index contributed by atoms with van der Waals surface area (Å²) in [5.41, 5.74) is 14.6. The van der Waals surface area contributed by atoms with Crippen molar-refractivity contribution in [1.82, 2.24) is 5.32 Å². The van der Waals surface area contributed by atoms with Gasteiger partial charge in [0.25, 0.3) is 0 Å². The van der Waals surface area contributed by atoms with E-state index >= 15 is 0 Å². The Kier molecular flexibility index (Phi) is 12.6. The molecule has 3 N–H and O–H groups in total. The maximum Gasteiger partial charge on any atom is 0.0450 e. The fourth-order valence-corrected chi connectivity index (χ4v) is 4.47. The van der Waals surface area contributed by atoms with E-state index in [2.05, 4.69) is 106 Å². The minimum atomic E-state index is 0.344. The first-order chi connectivity index (χ1) is 17.5. The van der Waals surface area contributed by atoms with Crippen LogP contribution in [0, 0.1) is 12.8 Å². The standard InChI is InChI=1S/C32H40N2.C2H6/c1-5-26(20-24(2)3)22-32(34-30-18-16-27(21-30)12-8-7-11-19-33)31-23-29(17-15-25(31)4)28-13-9-6-10-14-28;1-2/h5-11,13-15,17,19,21-24,30,34H,12,16,18,20,33H2,1-4H3;1-2H3/b8-7-,19-11-,26-5-,32-22-;/t30-;/m0./s1. The summed E-state index contributed by atoms with van der Waals surface area (Å²) in [7, 11) is 0. The zero-order valence-electron chi connectivity index (χ0n) is 23.2. The molecule has 0 fully saturated rings. The number of benzene rings is 2. The topological polar surface area (TPSA) is 38.0 Å². The lowest BCUT2D eigenvalue weighted by Gasteiger charge is -2.20. The molecule has 0 spiro atoms. The summed E-state index contributed by atoms with van der Waals surface area (Å²) in [5.74, 6) is 0.618. The van der Waals surface area contributed by atoms with Gasteiger partial charge in [0.05, 0.1) is 0 Å². The lowest BCUT2D eigenvalue weighted by molar-refractivity contribution is 0.648. The molecule has 0 aliphatic heterocycles. The second kappa shape index (κ2) is 15.7. The third kappa shape index (κ3) is 9.07. The van der Waals surface area contributed by atoms with Crippen molar-refractivity contribution in [2.45, 2.75) is 73.3 Å². The molecule has 2 aromatic carbocycles. The van der Waals surface area contributed by atoms with E-state index in [9.17, 15) is 0 Å². The van der Waals surface area contributed by atoms with Crippen LogP contribution in [0.2, 0.25) is 0 Å². The Morgan fingerprint density at radius 2 is 1.81 bits per heavy atom. The molecule has 36 heavy (non-hydrogen) atoms. The first-order valence-corrected chi connectivity index (χ1v) is 13.5. The van der Waals surface area contributed by atoms with Crippen LogP contribution in [0.4, 0.5) is 0 Å². The lowest BCUT2D eigenvalue weighted by atomic mass is 9.95. The van der Waals surface area contributed by atoms with Gasteiger partial charge in [0.15, 0.2) is 0 Å². The zero-order valence-corrected chi connectivity index (χ0v) is 23.2. The number of allylic oxidation sites excluding steroid dienone is 7. The summed E-state index contributed by atoms with van der Waals surface area (Å²) < 4.78 is 0. The fraction of sp³-hybridized carbons (Fsp3) is 0.353. The van der Waals surface area contributed by atoms with Crippen molar-refractivity contribution in [3.05, 3.63) is 113 Å². The van der Waals surface area contributed by atoms with E-state index in [0.717, 1.165) is 25.7 Å². The van der Waals surface area contributed by atoms with Gasteiger partial charge < -0.3 is 11.1 Å². The highest BCUT2D eigenvalue weighted by atomic mass is 14.9. The number of hydrogen-bond donors (Lipinski definition) is 2. The summed E-state index contributed by atoms with van der Waals surface area (Å²) in [6.45, 7) is 12.9. The quantitative estimate of drug-likeness (QED) is 0.262. The van der Waals surface area contributed by atoms with Crippen LogP contribution in [0.1, 0.15) is 71.4 Å². The third-order valence-corrected chi connectivity index (χ3v) is 6.27. The van der Waals surface area contributed by atoms with E-state index in [4.69, 9.17) is 5.73 Å². The Morgan fingerprint density at radius 1 is 1.06 bits per heavy atom. The molecular formula is C34H46N2. The Bertz CT molecular complexity index is 1080. The fourth-order valence-electron chi connectivity index (χ4n) is 4.47. The molecular weight excluding hydrogens is 436 g/mol. The zero-order chi connectivity index (χ0) is 26.3. The first kappa shape index (κ1) is 29.0. The lowest BCUT2D eigenvalue weighted by Crippen LogP contribution is -2.24. The van der Waals surface area contributed by atoms with Crippen LogP contribution < -0.4 is 11.1 Å². The molecule has 1 aliphatic rings. The molecule has 1 atom stereocenters. The summed E-state index contributed by atoms with van der Waals surface area (Å²) in [6, 6.07) is 17.8. The van der Waals surface area contributed by atoms with Crippen molar-refractivity contribution in [2.75, 3.05) is 0 Å². The molecule has 0 unspecified atom stereocenters. The predicted octanol–water partition coefficient (Wildman–Crippen LogP) is 9.12. The van der Waals surface area contributed by atoms with E-state index in [1.807, 2.05) is 26.0 Å². The maximum absolute atomic E-state index is 5.43. The number of rotatable bonds is 10. The summed E-state index contributed by atoms with van der Waals surface area (Å²) in [6.07, 6.45) is 19.0. The van der Waals surface area contributed by atoms with Gasteiger partial charge in [-0.15, -0.1) is 0 Å². The van der Waals surface area contributed by atoms with Crippen molar-refractivity contribution in [3.8, 4) is 11.1 Å². The molecule has 2 nitrogen and oxygen atoms in total. The number of hydrogen-bond acceptors (Lipinski definition) is 2. The second-order valence-corrected chi connectivity index (χ2v) is 9.55. The monoisotopic (exact) mass is 482 g/mol. The smallest absolute Gasteiger partial charge is 0.0450 e. The Labute approximate surface area is 220 Å². The van der Waals surface area contributed by atoms with Crippen molar-refractivity contribution >= 4 is 5.70 Å². The molecule has 3 rings (SSSR count). The Balaban J connectivity index is 0.00000222. The molecule has 2 heteroatoms. The summed E-state index contributed by atoms with van der Waals surface area (Å²) in [4.78, 5) is 0. The van der Waals surface area contributed by atoms with E-state index in [1.54, 1.807) is 6.20 Å². The van der Waals surface area contributed by atoms with Crippen LogP contribution in [0.5, 0.6) is 0 Å². The number of nitrogens with two attached hydrogens (primary N) is 1. The highest BCUT2D eigenvalue weighted by molar-refractivity contribution is 5.75. The molecule has 0 aromatic heterocycles. The molecule has 0 bridgehead atoms. The van der Waals surface area contributed by atoms with Gasteiger partial charge >= 0.3 is 0 Å². The van der Waals surface area contributed by atoms with Crippen LogP contribution in [0.3, 0.4) is 0 Å². The molecule has 0 heterocycles. The van der Waals surface area contributed by atoms with Crippen LogP contribution in [-0.4, -0.2) is 6.04 Å². The van der Waals surface area contributed by atoms with Crippen molar-refractivity contribution in [3.63, 3.8) is 0 Å². The van der Waals surface area contributed by atoms with Gasteiger partial charge in [-0.3, -0.25) is 0 Å². The number of nitrogens with one attached hydrogen (secondary N) is 1. The summed E-state index contributed by atoms with van der Waals surface area (Å²) in [5, 5.41) is 3.91. The molecule has 192 valence electrons. The van der Waals surface area contributed by atoms with E-state index in [1.165, 1.54) is 39.1 Å². The average Bonchev–Trinajstić information content (AvgIpc) is 3.34. The minimum absolute atomic E-state index is 0.344. The highest BCUT2D eigenvalue weighted by Gasteiger charge is 2.18. The van der Waals surface area contributed by atoms with Gasteiger partial charge in [0, 0.05) is 17.3 Å². The predicted molar refractivity (Wildman–Crippen MR) is 160 cm³/mol. The molecule has 0 saturated heterocycles. The van der Waals surface area contributed by atoms with Gasteiger partial charge in [0.2, 0.25) is 0 Å². The average molecular weight is 483 g/mol. The van der Waals surface area contributed by atoms with E-state index in [-0.39, 0.29) is 0 Å². The summed E-state index contributed by atoms with van der Waals surface area (Å²) >= 11 is 0. The molecule has 2 aromatic rings. The first-order valence-electron chi connectivity index (χ1n) is 13.5. The van der Waals surface area contributed by atoms with Gasteiger partial charge in [-0.1, -0.05) is 100 Å². The van der Waals surface area contributed by atoms with Crippen molar-refractivity contribution in [1.29, 1.82) is 0 Å². The molecule has 0 saturated carbocycles. The largest absolute Gasteiger partial charge is 0.405 e. The second-order valence-electron chi connectivity index (χ2n) is 9.55. The SMILES string of the molecule is C/C=C(\C=C(/N[C@@H]1C=C(C/C=C\C=C/N)CC1)c1cc(-c2ccccc2)ccc1C)CC(C)C.CC. The normalized spacial score (nSPS) is 16.4. The van der Waals surface area contributed by atoms with Crippen molar-refractivity contribution < 1.29 is 0 Å². The van der Waals surface area contributed by atoms with Gasteiger partial charge in [-0.25, -0.2) is 0 Å². The van der Waals surface area contributed by atoms with Gasteiger partial charge in [0.1, 0.15) is 0 Å². The van der Waals surface area contributed by atoms with Crippen LogP contribution in [-0.2, 0) is 0 Å². The molecule has 0 radical (unpaired) electrons. The Hall–Kier alpha value is -3.26. The van der Waals surface area contributed by atoms with Crippen molar-refractivity contribution in [2.24, 2.45) is 11.7 Å². The minimum Gasteiger partial charge on any atom is -0.405 e. The van der Waals surface area contributed by atoms with Crippen LogP contribution >= 0.6 is 0 Å². The van der Waals surface area contributed by atoms with Gasteiger partial charge in [-0.05, 0) is 92.1 Å².